The summed E-state index contributed by atoms with van der Waals surface area (Å²) in [5.74, 6) is 0. The van der Waals surface area contributed by atoms with Crippen molar-refractivity contribution in [1.82, 2.24) is 4.90 Å². The van der Waals surface area contributed by atoms with E-state index in [4.69, 9.17) is 5.26 Å². The van der Waals surface area contributed by atoms with Gasteiger partial charge in [-0.15, -0.1) is 0 Å². The van der Waals surface area contributed by atoms with Gasteiger partial charge in [0.15, 0.2) is 0 Å². The van der Waals surface area contributed by atoms with Crippen LogP contribution in [0.25, 0.3) is 0 Å². The molecule has 14 heavy (non-hydrogen) atoms. The minimum atomic E-state index is 0.715. The average molecular weight is 188 g/mol. The first-order chi connectivity index (χ1) is 6.83. The Morgan fingerprint density at radius 1 is 1.14 bits per heavy atom. The molecule has 2 rings (SSSR count). The van der Waals surface area contributed by atoms with E-state index in [0.717, 1.165) is 0 Å². The van der Waals surface area contributed by atoms with E-state index >= 15 is 0 Å². The number of rotatable bonds is 0. The number of nitriles is 1. The normalized spacial score (nSPS) is 15.4. The summed E-state index contributed by atoms with van der Waals surface area (Å²) in [7, 11) is 2.17. The third kappa shape index (κ3) is 4.06. The van der Waals surface area contributed by atoms with Gasteiger partial charge in [-0.1, -0.05) is 18.2 Å². The van der Waals surface area contributed by atoms with Crippen molar-refractivity contribution in [3.63, 3.8) is 0 Å². The maximum Gasteiger partial charge on any atom is 0.0991 e. The van der Waals surface area contributed by atoms with Crippen LogP contribution in [-0.4, -0.2) is 25.0 Å². The molecule has 0 saturated carbocycles. The van der Waals surface area contributed by atoms with Gasteiger partial charge in [0.1, 0.15) is 0 Å². The first-order valence-corrected chi connectivity index (χ1v) is 4.96. The third-order valence-electron chi connectivity index (χ3n) is 2.23. The fourth-order valence-electron chi connectivity index (χ4n) is 1.39. The van der Waals surface area contributed by atoms with Gasteiger partial charge in [-0.3, -0.25) is 0 Å². The molecule has 1 aliphatic heterocycles. The molecule has 0 radical (unpaired) electrons. The number of benzene rings is 1. The minimum Gasteiger partial charge on any atom is -0.306 e. The van der Waals surface area contributed by atoms with E-state index in [1.54, 1.807) is 12.1 Å². The smallest absolute Gasteiger partial charge is 0.0991 e. The topological polar surface area (TPSA) is 27.0 Å². The molecular weight excluding hydrogens is 172 g/mol. The molecule has 0 aromatic heterocycles. The Morgan fingerprint density at radius 3 is 2.00 bits per heavy atom. The zero-order chi connectivity index (χ0) is 10.2. The number of hydrogen-bond acceptors (Lipinski definition) is 2. The molecule has 1 fully saturated rings. The molecule has 1 aromatic carbocycles. The highest BCUT2D eigenvalue weighted by Crippen LogP contribution is 2.02. The Bertz CT molecular complexity index is 281. The van der Waals surface area contributed by atoms with Crippen LogP contribution in [0.4, 0.5) is 0 Å². The fourth-order valence-corrected chi connectivity index (χ4v) is 1.39. The van der Waals surface area contributed by atoms with Crippen molar-refractivity contribution in [3.8, 4) is 6.07 Å². The van der Waals surface area contributed by atoms with Crippen LogP contribution in [0.5, 0.6) is 0 Å². The average Bonchev–Trinajstić information content (AvgIpc) is 2.71. The Balaban J connectivity index is 0.000000146. The molecule has 0 unspecified atom stereocenters. The van der Waals surface area contributed by atoms with Crippen LogP contribution in [0.15, 0.2) is 30.3 Å². The van der Waals surface area contributed by atoms with Crippen LogP contribution in [0.2, 0.25) is 0 Å². The van der Waals surface area contributed by atoms with E-state index in [9.17, 15) is 0 Å². The summed E-state index contributed by atoms with van der Waals surface area (Å²) in [5, 5.41) is 8.29. The molecule has 1 aromatic rings. The van der Waals surface area contributed by atoms with E-state index in [-0.39, 0.29) is 0 Å². The van der Waals surface area contributed by atoms with Gasteiger partial charge in [-0.05, 0) is 45.1 Å². The Hall–Kier alpha value is -1.33. The van der Waals surface area contributed by atoms with Crippen molar-refractivity contribution in [2.75, 3.05) is 20.1 Å². The second-order valence-electron chi connectivity index (χ2n) is 3.49. The Morgan fingerprint density at radius 2 is 1.71 bits per heavy atom. The van der Waals surface area contributed by atoms with Crippen molar-refractivity contribution in [2.24, 2.45) is 0 Å². The minimum absolute atomic E-state index is 0.715. The molecule has 1 aliphatic rings. The van der Waals surface area contributed by atoms with E-state index < -0.39 is 0 Å². The second kappa shape index (κ2) is 6.17. The molecule has 1 saturated heterocycles. The van der Waals surface area contributed by atoms with Crippen molar-refractivity contribution in [2.45, 2.75) is 12.8 Å². The summed E-state index contributed by atoms with van der Waals surface area (Å²) in [5.41, 5.74) is 0.715. The van der Waals surface area contributed by atoms with Crippen LogP contribution >= 0.6 is 0 Å². The van der Waals surface area contributed by atoms with E-state index in [0.29, 0.717) is 5.56 Å². The van der Waals surface area contributed by atoms with Crippen molar-refractivity contribution in [3.05, 3.63) is 35.9 Å². The van der Waals surface area contributed by atoms with Crippen LogP contribution in [0.3, 0.4) is 0 Å². The highest BCUT2D eigenvalue weighted by molar-refractivity contribution is 5.27. The molecule has 0 atom stereocenters. The van der Waals surface area contributed by atoms with Gasteiger partial charge >= 0.3 is 0 Å². The molecule has 0 N–H and O–H groups in total. The summed E-state index contributed by atoms with van der Waals surface area (Å²) in [6.07, 6.45) is 2.83. The summed E-state index contributed by atoms with van der Waals surface area (Å²) >= 11 is 0. The molecule has 0 amide bonds. The maximum absolute atomic E-state index is 8.29. The Kier molecular flexibility index (Phi) is 4.74. The van der Waals surface area contributed by atoms with Crippen LogP contribution in [-0.2, 0) is 0 Å². The monoisotopic (exact) mass is 188 g/mol. The lowest BCUT2D eigenvalue weighted by atomic mass is 10.2. The standard InChI is InChI=1S/C7H5N.C5H11N/c8-6-7-4-2-1-3-5-7;1-6-4-2-3-5-6/h1-5H;2-5H2,1H3. The summed E-state index contributed by atoms with van der Waals surface area (Å²) in [4.78, 5) is 2.36. The maximum atomic E-state index is 8.29. The SMILES string of the molecule is CN1CCCC1.N#Cc1ccccc1. The molecule has 2 nitrogen and oxygen atoms in total. The zero-order valence-corrected chi connectivity index (χ0v) is 8.61. The summed E-state index contributed by atoms with van der Waals surface area (Å²) < 4.78 is 0. The van der Waals surface area contributed by atoms with Gasteiger partial charge in [-0.25, -0.2) is 0 Å². The lowest BCUT2D eigenvalue weighted by molar-refractivity contribution is 0.418. The summed E-state index contributed by atoms with van der Waals surface area (Å²) in [6, 6.07) is 11.2. The first kappa shape index (κ1) is 10.7. The molecule has 0 bridgehead atoms. The molecule has 1 heterocycles. The molecule has 0 aliphatic carbocycles. The van der Waals surface area contributed by atoms with E-state index in [1.807, 2.05) is 24.3 Å². The summed E-state index contributed by atoms with van der Waals surface area (Å²) in [6.45, 7) is 2.64. The Labute approximate surface area is 85.8 Å². The molecule has 74 valence electrons. The van der Waals surface area contributed by atoms with Gasteiger partial charge < -0.3 is 4.90 Å². The predicted molar refractivity (Wildman–Crippen MR) is 57.9 cm³/mol. The van der Waals surface area contributed by atoms with Crippen molar-refractivity contribution >= 4 is 0 Å². The molecular formula is C12H16N2. The largest absolute Gasteiger partial charge is 0.306 e. The number of nitrogens with zero attached hydrogens (tertiary/aromatic N) is 2. The van der Waals surface area contributed by atoms with Crippen LogP contribution in [0.1, 0.15) is 18.4 Å². The van der Waals surface area contributed by atoms with E-state index in [1.165, 1.54) is 25.9 Å². The van der Waals surface area contributed by atoms with Gasteiger partial charge in [0, 0.05) is 0 Å². The van der Waals surface area contributed by atoms with Crippen molar-refractivity contribution in [1.29, 1.82) is 5.26 Å². The van der Waals surface area contributed by atoms with Crippen molar-refractivity contribution < 1.29 is 0 Å². The van der Waals surface area contributed by atoms with Gasteiger partial charge in [0.2, 0.25) is 0 Å². The van der Waals surface area contributed by atoms with Gasteiger partial charge in [0.25, 0.3) is 0 Å². The van der Waals surface area contributed by atoms with Gasteiger partial charge in [0.05, 0.1) is 11.6 Å². The highest BCUT2D eigenvalue weighted by Gasteiger charge is 2.03. The molecule has 0 spiro atoms. The zero-order valence-electron chi connectivity index (χ0n) is 8.61. The number of hydrogen-bond donors (Lipinski definition) is 0. The second-order valence-corrected chi connectivity index (χ2v) is 3.49. The quantitative estimate of drug-likeness (QED) is 0.624. The highest BCUT2D eigenvalue weighted by atomic mass is 15.1. The van der Waals surface area contributed by atoms with Gasteiger partial charge in [-0.2, -0.15) is 5.26 Å². The fraction of sp³-hybridized carbons (Fsp3) is 0.417. The number of likely N-dealkylation sites (tertiary alicyclic amines) is 1. The van der Waals surface area contributed by atoms with Crippen LogP contribution in [0, 0.1) is 11.3 Å². The lowest BCUT2D eigenvalue weighted by Gasteiger charge is -2.01. The predicted octanol–water partition coefficient (Wildman–Crippen LogP) is 2.27. The van der Waals surface area contributed by atoms with E-state index in [2.05, 4.69) is 11.9 Å². The lowest BCUT2D eigenvalue weighted by Crippen LogP contribution is -2.10. The third-order valence-corrected chi connectivity index (χ3v) is 2.23. The molecule has 2 heteroatoms. The first-order valence-electron chi connectivity index (χ1n) is 4.96. The van der Waals surface area contributed by atoms with Crippen LogP contribution < -0.4 is 0 Å².